The minimum absolute atomic E-state index is 0.691. The van der Waals surface area contributed by atoms with Gasteiger partial charge in [-0.15, -0.1) is 0 Å². The van der Waals surface area contributed by atoms with Gasteiger partial charge in [0.25, 0.3) is 0 Å². The number of hydrogen-bond donors (Lipinski definition) is 1. The number of rotatable bonds is 5. The van der Waals surface area contributed by atoms with Gasteiger partial charge < -0.3 is 5.32 Å². The van der Waals surface area contributed by atoms with Crippen molar-refractivity contribution in [1.82, 2.24) is 20.3 Å². The average Bonchev–Trinajstić information content (AvgIpc) is 3.26. The molecule has 2 aromatic heterocycles. The number of aromatic nitrogens is 3. The van der Waals surface area contributed by atoms with Gasteiger partial charge in [-0.3, -0.25) is 4.98 Å². The topological polar surface area (TPSA) is 50.7 Å². The minimum atomic E-state index is 0.691. The van der Waals surface area contributed by atoms with E-state index >= 15 is 0 Å². The van der Waals surface area contributed by atoms with Crippen molar-refractivity contribution in [2.75, 3.05) is 6.54 Å². The zero-order chi connectivity index (χ0) is 14.8. The molecule has 0 amide bonds. The largest absolute Gasteiger partial charge is 0.314 e. The number of nitrogens with zero attached hydrogens (tertiary/aromatic N) is 3. The predicted molar refractivity (Wildman–Crippen MR) is 87.2 cm³/mol. The number of aryl methyl sites for hydroxylation is 2. The van der Waals surface area contributed by atoms with Crippen LogP contribution >= 0.6 is 15.9 Å². The van der Waals surface area contributed by atoms with Gasteiger partial charge in [0, 0.05) is 28.1 Å². The maximum Gasteiger partial charge on any atom is 0.179 e. The van der Waals surface area contributed by atoms with E-state index in [1.54, 1.807) is 6.20 Å². The third-order valence-electron chi connectivity index (χ3n) is 3.78. The van der Waals surface area contributed by atoms with Gasteiger partial charge in [-0.05, 0) is 73.3 Å². The fourth-order valence-corrected chi connectivity index (χ4v) is 2.88. The van der Waals surface area contributed by atoms with E-state index in [-0.39, 0.29) is 0 Å². The molecule has 1 fully saturated rings. The molecule has 110 valence electrons. The van der Waals surface area contributed by atoms with E-state index < -0.39 is 0 Å². The van der Waals surface area contributed by atoms with Crippen molar-refractivity contribution in [3.8, 4) is 11.5 Å². The van der Waals surface area contributed by atoms with Crippen LogP contribution in [0.2, 0.25) is 0 Å². The van der Waals surface area contributed by atoms with E-state index in [0.717, 1.165) is 40.6 Å². The van der Waals surface area contributed by atoms with Gasteiger partial charge in [-0.1, -0.05) is 0 Å². The van der Waals surface area contributed by atoms with E-state index in [4.69, 9.17) is 0 Å². The van der Waals surface area contributed by atoms with E-state index in [9.17, 15) is 0 Å². The van der Waals surface area contributed by atoms with Crippen LogP contribution in [-0.4, -0.2) is 27.5 Å². The summed E-state index contributed by atoms with van der Waals surface area (Å²) in [7, 11) is 0. The Balaban J connectivity index is 1.83. The highest BCUT2D eigenvalue weighted by molar-refractivity contribution is 9.10. The molecule has 0 bridgehead atoms. The van der Waals surface area contributed by atoms with Gasteiger partial charge in [0.1, 0.15) is 5.69 Å². The normalized spacial score (nSPS) is 14.4. The number of halogens is 1. The van der Waals surface area contributed by atoms with Crippen molar-refractivity contribution in [2.24, 2.45) is 0 Å². The molecule has 4 nitrogen and oxygen atoms in total. The maximum atomic E-state index is 4.65. The molecular weight excluding hydrogens is 328 g/mol. The molecule has 3 rings (SSSR count). The number of nitrogens with one attached hydrogen (secondary N) is 1. The Labute approximate surface area is 133 Å². The molecular formula is C16H19BrN4. The minimum Gasteiger partial charge on any atom is -0.314 e. The van der Waals surface area contributed by atoms with Crippen molar-refractivity contribution in [1.29, 1.82) is 0 Å². The smallest absolute Gasteiger partial charge is 0.179 e. The van der Waals surface area contributed by atoms with Crippen molar-refractivity contribution in [3.05, 3.63) is 39.8 Å². The molecule has 0 aromatic carbocycles. The molecule has 0 radical (unpaired) electrons. The zero-order valence-electron chi connectivity index (χ0n) is 12.4. The molecule has 1 aliphatic rings. The number of hydrogen-bond acceptors (Lipinski definition) is 4. The van der Waals surface area contributed by atoms with Crippen LogP contribution in [0.5, 0.6) is 0 Å². The summed E-state index contributed by atoms with van der Waals surface area (Å²) in [6, 6.07) is 4.60. The van der Waals surface area contributed by atoms with Crippen LogP contribution in [0.3, 0.4) is 0 Å². The lowest BCUT2D eigenvalue weighted by atomic mass is 10.1. The van der Waals surface area contributed by atoms with Gasteiger partial charge in [-0.25, -0.2) is 9.97 Å². The third-order valence-corrected chi connectivity index (χ3v) is 4.42. The summed E-state index contributed by atoms with van der Waals surface area (Å²) < 4.78 is 0.923. The van der Waals surface area contributed by atoms with Crippen LogP contribution in [0.1, 0.15) is 29.8 Å². The summed E-state index contributed by atoms with van der Waals surface area (Å²) in [5, 5.41) is 3.54. The fourth-order valence-electron chi connectivity index (χ4n) is 2.45. The molecule has 5 heteroatoms. The first kappa shape index (κ1) is 14.6. The summed E-state index contributed by atoms with van der Waals surface area (Å²) in [5.41, 5.74) is 4.14. The molecule has 0 aliphatic heterocycles. The average molecular weight is 347 g/mol. The quantitative estimate of drug-likeness (QED) is 0.902. The van der Waals surface area contributed by atoms with E-state index in [1.165, 1.54) is 18.4 Å². The molecule has 0 unspecified atom stereocenters. The van der Waals surface area contributed by atoms with E-state index in [2.05, 4.69) is 50.0 Å². The van der Waals surface area contributed by atoms with Crippen LogP contribution in [-0.2, 0) is 6.42 Å². The molecule has 2 heterocycles. The second kappa shape index (κ2) is 6.20. The molecule has 1 saturated carbocycles. The maximum absolute atomic E-state index is 4.65. The van der Waals surface area contributed by atoms with Gasteiger partial charge in [0.2, 0.25) is 0 Å². The van der Waals surface area contributed by atoms with Crippen LogP contribution in [0.4, 0.5) is 0 Å². The van der Waals surface area contributed by atoms with Gasteiger partial charge in [0.15, 0.2) is 5.82 Å². The first-order valence-electron chi connectivity index (χ1n) is 7.33. The standard InChI is InChI=1S/C16H19BrN4/c1-10-13(7-9-18-12-5-6-12)11(2)21-16(20-10)15-14(17)4-3-8-19-15/h3-4,8,12,18H,5-7,9H2,1-2H3. The Hall–Kier alpha value is -1.33. The van der Waals surface area contributed by atoms with Crippen molar-refractivity contribution in [3.63, 3.8) is 0 Å². The summed E-state index contributed by atoms with van der Waals surface area (Å²) in [5.74, 6) is 0.691. The monoisotopic (exact) mass is 346 g/mol. The lowest BCUT2D eigenvalue weighted by Gasteiger charge is -2.11. The highest BCUT2D eigenvalue weighted by Gasteiger charge is 2.20. The summed E-state index contributed by atoms with van der Waals surface area (Å²) in [6.45, 7) is 5.12. The lowest BCUT2D eigenvalue weighted by molar-refractivity contribution is 0.675. The van der Waals surface area contributed by atoms with Crippen LogP contribution in [0.15, 0.2) is 22.8 Å². The van der Waals surface area contributed by atoms with E-state index in [1.807, 2.05) is 12.1 Å². The SMILES string of the molecule is Cc1nc(-c2ncccc2Br)nc(C)c1CCNC1CC1. The molecule has 1 N–H and O–H groups in total. The summed E-state index contributed by atoms with van der Waals surface area (Å²) in [6.07, 6.45) is 5.39. The Kier molecular flexibility index (Phi) is 4.31. The fraction of sp³-hybridized carbons (Fsp3) is 0.438. The third kappa shape index (κ3) is 3.47. The molecule has 0 spiro atoms. The Morgan fingerprint density at radius 2 is 1.95 bits per heavy atom. The van der Waals surface area contributed by atoms with Gasteiger partial charge >= 0.3 is 0 Å². The first-order valence-corrected chi connectivity index (χ1v) is 8.13. The number of pyridine rings is 1. The van der Waals surface area contributed by atoms with Crippen LogP contribution in [0.25, 0.3) is 11.5 Å². The molecule has 1 aliphatic carbocycles. The molecule has 2 aromatic rings. The van der Waals surface area contributed by atoms with Crippen molar-refractivity contribution in [2.45, 2.75) is 39.2 Å². The molecule has 21 heavy (non-hydrogen) atoms. The zero-order valence-corrected chi connectivity index (χ0v) is 13.9. The van der Waals surface area contributed by atoms with Gasteiger partial charge in [0.05, 0.1) is 0 Å². The Morgan fingerprint density at radius 3 is 2.57 bits per heavy atom. The highest BCUT2D eigenvalue weighted by Crippen LogP contribution is 2.24. The van der Waals surface area contributed by atoms with Crippen molar-refractivity contribution < 1.29 is 0 Å². The Morgan fingerprint density at radius 1 is 1.24 bits per heavy atom. The van der Waals surface area contributed by atoms with Crippen LogP contribution < -0.4 is 5.32 Å². The predicted octanol–water partition coefficient (Wildman–Crippen LogP) is 3.21. The molecule has 0 atom stereocenters. The summed E-state index contributed by atoms with van der Waals surface area (Å²) in [4.78, 5) is 13.7. The second-order valence-corrected chi connectivity index (χ2v) is 6.36. The highest BCUT2D eigenvalue weighted by atomic mass is 79.9. The molecule has 0 saturated heterocycles. The first-order chi connectivity index (χ1) is 10.1. The Bertz CT molecular complexity index is 629. The van der Waals surface area contributed by atoms with E-state index in [0.29, 0.717) is 5.82 Å². The van der Waals surface area contributed by atoms with Crippen molar-refractivity contribution >= 4 is 15.9 Å². The lowest BCUT2D eigenvalue weighted by Crippen LogP contribution is -2.20. The summed E-state index contributed by atoms with van der Waals surface area (Å²) >= 11 is 3.51. The second-order valence-electron chi connectivity index (χ2n) is 5.51. The van der Waals surface area contributed by atoms with Crippen LogP contribution in [0, 0.1) is 13.8 Å². The van der Waals surface area contributed by atoms with Gasteiger partial charge in [-0.2, -0.15) is 0 Å².